The fraction of sp³-hybridized carbons (Fsp3) is 0.0625. The van der Waals surface area contributed by atoms with Gasteiger partial charge in [-0.15, -0.1) is 13.2 Å². The number of benzene rings is 2. The van der Waals surface area contributed by atoms with Crippen LogP contribution in [0.5, 0.6) is 5.75 Å². The molecular formula is C16H11F3N2O4S. The molecule has 136 valence electrons. The van der Waals surface area contributed by atoms with Gasteiger partial charge in [-0.25, -0.2) is 8.42 Å². The van der Waals surface area contributed by atoms with Crippen LogP contribution >= 0.6 is 0 Å². The molecule has 0 unspecified atom stereocenters. The summed E-state index contributed by atoms with van der Waals surface area (Å²) < 4.78 is 72.4. The van der Waals surface area contributed by atoms with Crippen molar-refractivity contribution in [2.75, 3.05) is 4.72 Å². The molecule has 0 aliphatic carbocycles. The van der Waals surface area contributed by atoms with Crippen LogP contribution in [0.3, 0.4) is 0 Å². The van der Waals surface area contributed by atoms with Gasteiger partial charge in [0.15, 0.2) is 11.6 Å². The fourth-order valence-corrected chi connectivity index (χ4v) is 3.12. The van der Waals surface area contributed by atoms with Gasteiger partial charge in [0.2, 0.25) is 0 Å². The molecule has 0 fully saturated rings. The molecule has 0 aliphatic heterocycles. The van der Waals surface area contributed by atoms with Crippen LogP contribution in [0, 0.1) is 0 Å². The molecule has 3 aromatic rings. The van der Waals surface area contributed by atoms with Gasteiger partial charge in [-0.2, -0.15) is 0 Å². The van der Waals surface area contributed by atoms with E-state index < -0.39 is 27.0 Å². The van der Waals surface area contributed by atoms with Crippen LogP contribution in [-0.2, 0) is 10.0 Å². The smallest absolute Gasteiger partial charge is 0.406 e. The minimum absolute atomic E-state index is 0.106. The van der Waals surface area contributed by atoms with Gasteiger partial charge in [-0.3, -0.25) is 4.72 Å². The van der Waals surface area contributed by atoms with Gasteiger partial charge in [0.25, 0.3) is 10.0 Å². The Balaban J connectivity index is 1.82. The first-order valence-electron chi connectivity index (χ1n) is 7.14. The summed E-state index contributed by atoms with van der Waals surface area (Å²) in [6, 6.07) is 14.2. The summed E-state index contributed by atoms with van der Waals surface area (Å²) in [5.74, 6) is -0.422. The number of halogens is 3. The van der Waals surface area contributed by atoms with Gasteiger partial charge in [0.05, 0.1) is 4.90 Å². The van der Waals surface area contributed by atoms with E-state index in [0.717, 1.165) is 24.3 Å². The van der Waals surface area contributed by atoms with E-state index in [1.165, 1.54) is 6.07 Å². The van der Waals surface area contributed by atoms with Gasteiger partial charge in [0.1, 0.15) is 5.75 Å². The first-order chi connectivity index (χ1) is 12.2. The minimum atomic E-state index is -4.92. The largest absolute Gasteiger partial charge is 0.573 e. The molecule has 1 aromatic heterocycles. The van der Waals surface area contributed by atoms with Crippen molar-refractivity contribution in [2.45, 2.75) is 11.3 Å². The highest BCUT2D eigenvalue weighted by atomic mass is 32.2. The summed E-state index contributed by atoms with van der Waals surface area (Å²) >= 11 is 0. The van der Waals surface area contributed by atoms with Crippen LogP contribution < -0.4 is 9.46 Å². The van der Waals surface area contributed by atoms with Crippen LogP contribution in [0.4, 0.5) is 19.0 Å². The van der Waals surface area contributed by atoms with Crippen LogP contribution in [-0.4, -0.2) is 19.9 Å². The van der Waals surface area contributed by atoms with Gasteiger partial charge in [-0.1, -0.05) is 41.6 Å². The number of alkyl halides is 3. The van der Waals surface area contributed by atoms with Crippen molar-refractivity contribution >= 4 is 15.8 Å². The Morgan fingerprint density at radius 3 is 2.42 bits per heavy atom. The summed E-state index contributed by atoms with van der Waals surface area (Å²) in [6.07, 6.45) is -4.92. The molecule has 0 saturated heterocycles. The summed E-state index contributed by atoms with van der Waals surface area (Å²) in [5.41, 5.74) is 0.686. The quantitative estimate of drug-likeness (QED) is 0.718. The van der Waals surface area contributed by atoms with Crippen LogP contribution in [0.15, 0.2) is 70.1 Å². The van der Waals surface area contributed by atoms with Crippen LogP contribution in [0.2, 0.25) is 0 Å². The monoisotopic (exact) mass is 384 g/mol. The predicted molar refractivity (Wildman–Crippen MR) is 85.9 cm³/mol. The topological polar surface area (TPSA) is 81.4 Å². The van der Waals surface area contributed by atoms with E-state index in [0.29, 0.717) is 11.3 Å². The Morgan fingerprint density at radius 1 is 1.00 bits per heavy atom. The molecule has 0 spiro atoms. The number of ether oxygens (including phenoxy) is 1. The Bertz CT molecular complexity index is 1000. The number of nitrogens with zero attached hydrogens (tertiary/aromatic N) is 1. The highest BCUT2D eigenvalue weighted by Gasteiger charge is 2.31. The van der Waals surface area contributed by atoms with Gasteiger partial charge in [0, 0.05) is 17.7 Å². The first-order valence-corrected chi connectivity index (χ1v) is 8.62. The number of hydrogen-bond donors (Lipinski definition) is 1. The van der Waals surface area contributed by atoms with Crippen molar-refractivity contribution in [3.63, 3.8) is 0 Å². The van der Waals surface area contributed by atoms with E-state index in [9.17, 15) is 21.6 Å². The number of hydrogen-bond acceptors (Lipinski definition) is 5. The van der Waals surface area contributed by atoms with Gasteiger partial charge >= 0.3 is 6.36 Å². The van der Waals surface area contributed by atoms with Crippen molar-refractivity contribution in [3.8, 4) is 17.1 Å². The summed E-state index contributed by atoms with van der Waals surface area (Å²) in [4.78, 5) is -0.413. The number of sulfonamides is 1. The predicted octanol–water partition coefficient (Wildman–Crippen LogP) is 4.04. The molecule has 1 heterocycles. The van der Waals surface area contributed by atoms with Gasteiger partial charge in [-0.05, 0) is 12.1 Å². The fourth-order valence-electron chi connectivity index (χ4n) is 2.10. The maximum Gasteiger partial charge on any atom is 0.573 e. The SMILES string of the molecule is O=S(=O)(Nc1cc(-c2ccccc2)on1)c1cccc(OC(F)(F)F)c1. The molecule has 0 radical (unpaired) electrons. The number of nitrogens with one attached hydrogen (secondary N) is 1. The zero-order valence-corrected chi connectivity index (χ0v) is 13.7. The van der Waals surface area contributed by atoms with Crippen molar-refractivity contribution in [3.05, 3.63) is 60.7 Å². The summed E-state index contributed by atoms with van der Waals surface area (Å²) in [6.45, 7) is 0. The van der Waals surface area contributed by atoms with E-state index in [4.69, 9.17) is 4.52 Å². The molecule has 26 heavy (non-hydrogen) atoms. The molecule has 0 amide bonds. The van der Waals surface area contributed by atoms with Gasteiger partial charge < -0.3 is 9.26 Å². The maximum absolute atomic E-state index is 12.3. The third-order valence-corrected chi connectivity index (χ3v) is 4.51. The second-order valence-electron chi connectivity index (χ2n) is 5.07. The van der Waals surface area contributed by atoms with E-state index in [-0.39, 0.29) is 5.82 Å². The van der Waals surface area contributed by atoms with Crippen LogP contribution in [0.1, 0.15) is 0 Å². The minimum Gasteiger partial charge on any atom is -0.406 e. The zero-order chi connectivity index (χ0) is 18.8. The molecule has 3 rings (SSSR count). The Kier molecular flexibility index (Phi) is 4.60. The van der Waals surface area contributed by atoms with Crippen molar-refractivity contribution < 1.29 is 30.8 Å². The molecule has 10 heteroatoms. The molecule has 1 N–H and O–H groups in total. The average molecular weight is 384 g/mol. The third-order valence-electron chi connectivity index (χ3n) is 3.16. The Hall–Kier alpha value is -3.01. The number of anilines is 1. The van der Waals surface area contributed by atoms with E-state index in [2.05, 4.69) is 14.6 Å². The molecule has 0 bridgehead atoms. The second-order valence-corrected chi connectivity index (χ2v) is 6.75. The van der Waals surface area contributed by atoms with Crippen molar-refractivity contribution in [2.24, 2.45) is 0 Å². The summed E-state index contributed by atoms with van der Waals surface area (Å²) in [7, 11) is -4.18. The molecule has 0 saturated carbocycles. The average Bonchev–Trinajstić information content (AvgIpc) is 3.02. The molecule has 6 nitrogen and oxygen atoms in total. The number of rotatable bonds is 5. The molecular weight excluding hydrogens is 373 g/mol. The van der Waals surface area contributed by atoms with E-state index >= 15 is 0 Å². The Morgan fingerprint density at radius 2 is 1.73 bits per heavy atom. The first kappa shape index (κ1) is 17.8. The second kappa shape index (κ2) is 6.71. The lowest BCUT2D eigenvalue weighted by atomic mass is 10.2. The molecule has 0 atom stereocenters. The van der Waals surface area contributed by atoms with Crippen molar-refractivity contribution in [1.82, 2.24) is 5.16 Å². The highest BCUT2D eigenvalue weighted by Crippen LogP contribution is 2.27. The molecule has 2 aromatic carbocycles. The van der Waals surface area contributed by atoms with E-state index in [1.54, 1.807) is 30.3 Å². The lowest BCUT2D eigenvalue weighted by Crippen LogP contribution is -2.18. The van der Waals surface area contributed by atoms with Crippen molar-refractivity contribution in [1.29, 1.82) is 0 Å². The summed E-state index contributed by atoms with van der Waals surface area (Å²) in [5, 5.41) is 3.61. The third kappa shape index (κ3) is 4.33. The highest BCUT2D eigenvalue weighted by molar-refractivity contribution is 7.92. The lowest BCUT2D eigenvalue weighted by molar-refractivity contribution is -0.274. The maximum atomic E-state index is 12.3. The Labute approximate surface area is 146 Å². The van der Waals surface area contributed by atoms with Crippen LogP contribution in [0.25, 0.3) is 11.3 Å². The molecule has 0 aliphatic rings. The lowest BCUT2D eigenvalue weighted by Gasteiger charge is -2.10. The van der Waals surface area contributed by atoms with E-state index in [1.807, 2.05) is 0 Å². The zero-order valence-electron chi connectivity index (χ0n) is 12.9. The standard InChI is InChI=1S/C16H11F3N2O4S/c17-16(18,19)24-12-7-4-8-13(9-12)26(22,23)21-15-10-14(25-20-15)11-5-2-1-3-6-11/h1-10H,(H,20,21). The number of aromatic nitrogens is 1. The normalized spacial score (nSPS) is 12.0.